The van der Waals surface area contributed by atoms with Gasteiger partial charge in [0, 0.05) is 0 Å². The highest BCUT2D eigenvalue weighted by molar-refractivity contribution is 7.89. The molecule has 0 spiro atoms. The van der Waals surface area contributed by atoms with E-state index in [9.17, 15) is 8.42 Å². The Labute approximate surface area is 81.4 Å². The Hall–Kier alpha value is -0.910. The van der Waals surface area contributed by atoms with Crippen LogP contribution in [0.5, 0.6) is 0 Å². The standard InChI is InChI=1S/C6H7NO2S.CHClO/c7-10(8,9)6-4-2-1-3-5-6;2-1-3/h1-5H,(H2,7,8,9);1H. The molecule has 1 rings (SSSR count). The van der Waals surface area contributed by atoms with E-state index in [4.69, 9.17) is 9.93 Å². The maximum absolute atomic E-state index is 10.6. The average Bonchev–Trinajstić information content (AvgIpc) is 2.06. The first-order valence-corrected chi connectivity index (χ1v) is 5.12. The van der Waals surface area contributed by atoms with Crippen molar-refractivity contribution in [1.29, 1.82) is 0 Å². The Balaban J connectivity index is 0.000000424. The SMILES string of the molecule is NS(=O)(=O)c1ccccc1.O=CCl. The van der Waals surface area contributed by atoms with E-state index >= 15 is 0 Å². The van der Waals surface area contributed by atoms with Crippen LogP contribution in [0.4, 0.5) is 0 Å². The second kappa shape index (κ2) is 5.69. The Bertz CT molecular complexity index is 349. The van der Waals surface area contributed by atoms with E-state index in [1.807, 2.05) is 0 Å². The van der Waals surface area contributed by atoms with Gasteiger partial charge in [0.05, 0.1) is 4.90 Å². The molecule has 0 atom stereocenters. The highest BCUT2D eigenvalue weighted by Crippen LogP contribution is 2.02. The molecule has 0 unspecified atom stereocenters. The molecule has 6 heteroatoms. The van der Waals surface area contributed by atoms with Gasteiger partial charge >= 0.3 is 0 Å². The first-order chi connectivity index (χ1) is 6.02. The van der Waals surface area contributed by atoms with Crippen molar-refractivity contribution in [2.24, 2.45) is 5.14 Å². The summed E-state index contributed by atoms with van der Waals surface area (Å²) in [6.45, 7) is 0. The lowest BCUT2D eigenvalue weighted by atomic mass is 10.4. The van der Waals surface area contributed by atoms with Gasteiger partial charge < -0.3 is 0 Å². The topological polar surface area (TPSA) is 77.2 Å². The molecule has 0 heterocycles. The van der Waals surface area contributed by atoms with Crippen molar-refractivity contribution in [2.45, 2.75) is 4.90 Å². The van der Waals surface area contributed by atoms with Crippen LogP contribution in [-0.2, 0) is 14.8 Å². The number of hydrogen-bond donors (Lipinski definition) is 1. The van der Waals surface area contributed by atoms with Crippen LogP contribution >= 0.6 is 11.6 Å². The number of rotatable bonds is 1. The predicted molar refractivity (Wildman–Crippen MR) is 50.4 cm³/mol. The third-order valence-corrected chi connectivity index (χ3v) is 2.00. The van der Waals surface area contributed by atoms with Crippen LogP contribution in [0.2, 0.25) is 0 Å². The van der Waals surface area contributed by atoms with Crippen LogP contribution in [0.3, 0.4) is 0 Å². The Morgan fingerprint density at radius 1 is 1.23 bits per heavy atom. The zero-order valence-electron chi connectivity index (χ0n) is 6.55. The maximum atomic E-state index is 10.6. The molecular weight excluding hydrogens is 214 g/mol. The van der Waals surface area contributed by atoms with Crippen LogP contribution in [-0.4, -0.2) is 14.2 Å². The second-order valence-electron chi connectivity index (χ2n) is 1.95. The summed E-state index contributed by atoms with van der Waals surface area (Å²) in [5.41, 5.74) is 0. The molecule has 1 aromatic carbocycles. The van der Waals surface area contributed by atoms with E-state index in [-0.39, 0.29) is 10.6 Å². The highest BCUT2D eigenvalue weighted by atomic mass is 35.5. The van der Waals surface area contributed by atoms with Gasteiger partial charge in [0.15, 0.2) is 0 Å². The largest absolute Gasteiger partial charge is 0.285 e. The first kappa shape index (κ1) is 12.1. The minimum Gasteiger partial charge on any atom is -0.285 e. The zero-order chi connectivity index (χ0) is 10.3. The molecule has 0 amide bonds. The normalized spacial score (nSPS) is 9.69. The molecule has 0 saturated heterocycles. The fraction of sp³-hybridized carbons (Fsp3) is 0. The fourth-order valence-electron chi connectivity index (χ4n) is 0.610. The maximum Gasteiger partial charge on any atom is 0.238 e. The lowest BCUT2D eigenvalue weighted by Gasteiger charge is -1.93. The van der Waals surface area contributed by atoms with Crippen molar-refractivity contribution in [3.63, 3.8) is 0 Å². The first-order valence-electron chi connectivity index (χ1n) is 3.14. The van der Waals surface area contributed by atoms with Crippen LogP contribution in [0.25, 0.3) is 0 Å². The summed E-state index contributed by atoms with van der Waals surface area (Å²) in [6, 6.07) is 7.89. The van der Waals surface area contributed by atoms with E-state index in [1.54, 1.807) is 18.2 Å². The number of benzene rings is 1. The van der Waals surface area contributed by atoms with Gasteiger partial charge in [-0.15, -0.1) is 0 Å². The van der Waals surface area contributed by atoms with Crippen LogP contribution in [0.15, 0.2) is 35.2 Å². The number of primary sulfonamides is 1. The number of hydrogen-bond acceptors (Lipinski definition) is 3. The highest BCUT2D eigenvalue weighted by Gasteiger charge is 2.03. The quantitative estimate of drug-likeness (QED) is 0.562. The van der Waals surface area contributed by atoms with E-state index in [1.165, 1.54) is 12.1 Å². The minimum absolute atomic E-state index is 0.148. The molecule has 0 saturated carbocycles. The van der Waals surface area contributed by atoms with Gasteiger partial charge in [-0.3, -0.25) is 4.79 Å². The molecule has 0 aromatic heterocycles. The van der Waals surface area contributed by atoms with Gasteiger partial charge in [0.1, 0.15) is 0 Å². The molecule has 0 fully saturated rings. The molecule has 0 aliphatic rings. The summed E-state index contributed by atoms with van der Waals surface area (Å²) in [5, 5.41) is 4.83. The number of nitrogens with two attached hydrogens (primary N) is 1. The number of sulfonamides is 1. The Morgan fingerprint density at radius 3 is 1.85 bits per heavy atom. The summed E-state index contributed by atoms with van der Waals surface area (Å²) < 4.78 is 21.2. The molecule has 72 valence electrons. The van der Waals surface area contributed by atoms with Gasteiger partial charge in [0.25, 0.3) is 0 Å². The predicted octanol–water partition coefficient (Wildman–Crippen LogP) is 0.749. The van der Waals surface area contributed by atoms with Gasteiger partial charge in [-0.2, -0.15) is 0 Å². The van der Waals surface area contributed by atoms with Crippen molar-refractivity contribution in [3.8, 4) is 0 Å². The average molecular weight is 222 g/mol. The van der Waals surface area contributed by atoms with E-state index in [2.05, 4.69) is 11.6 Å². The summed E-state index contributed by atoms with van der Waals surface area (Å²) in [4.78, 5) is 8.72. The summed E-state index contributed by atoms with van der Waals surface area (Å²) in [5.74, 6) is 0.222. The lowest BCUT2D eigenvalue weighted by Crippen LogP contribution is -2.11. The zero-order valence-corrected chi connectivity index (χ0v) is 8.12. The molecule has 0 aliphatic carbocycles. The third kappa shape index (κ3) is 5.35. The smallest absolute Gasteiger partial charge is 0.238 e. The summed E-state index contributed by atoms with van der Waals surface area (Å²) in [7, 11) is -3.50. The van der Waals surface area contributed by atoms with E-state index < -0.39 is 10.0 Å². The monoisotopic (exact) mass is 221 g/mol. The van der Waals surface area contributed by atoms with Gasteiger partial charge in [0.2, 0.25) is 15.8 Å². The van der Waals surface area contributed by atoms with Crippen molar-refractivity contribution in [1.82, 2.24) is 0 Å². The molecule has 2 N–H and O–H groups in total. The van der Waals surface area contributed by atoms with Crippen molar-refractivity contribution in [2.75, 3.05) is 0 Å². The molecular formula is C7H8ClNO3S. The van der Waals surface area contributed by atoms with Crippen molar-refractivity contribution >= 4 is 27.4 Å². The van der Waals surface area contributed by atoms with Gasteiger partial charge in [-0.05, 0) is 23.7 Å². The summed E-state index contributed by atoms with van der Waals surface area (Å²) >= 11 is 4.32. The van der Waals surface area contributed by atoms with Gasteiger partial charge in [-0.25, -0.2) is 13.6 Å². The summed E-state index contributed by atoms with van der Waals surface area (Å²) in [6.07, 6.45) is 0. The van der Waals surface area contributed by atoms with E-state index in [0.29, 0.717) is 0 Å². The number of carbonyl (C=O) groups excluding carboxylic acids is 1. The van der Waals surface area contributed by atoms with Crippen molar-refractivity contribution < 1.29 is 13.2 Å². The van der Waals surface area contributed by atoms with Crippen LogP contribution in [0.1, 0.15) is 0 Å². The second-order valence-corrected chi connectivity index (χ2v) is 3.69. The molecule has 4 nitrogen and oxygen atoms in total. The van der Waals surface area contributed by atoms with E-state index in [0.717, 1.165) is 0 Å². The van der Waals surface area contributed by atoms with Gasteiger partial charge in [-0.1, -0.05) is 18.2 Å². The molecule has 0 aliphatic heterocycles. The third-order valence-electron chi connectivity index (χ3n) is 1.07. The van der Waals surface area contributed by atoms with Crippen LogP contribution < -0.4 is 5.14 Å². The lowest BCUT2D eigenvalue weighted by molar-refractivity contribution is 0.569. The molecule has 0 radical (unpaired) electrons. The van der Waals surface area contributed by atoms with Crippen molar-refractivity contribution in [3.05, 3.63) is 30.3 Å². The molecule has 1 aromatic rings. The number of halogens is 1. The molecule has 13 heavy (non-hydrogen) atoms. The minimum atomic E-state index is -3.50. The number of carbonyl (C=O) groups is 1. The molecule has 0 bridgehead atoms. The van der Waals surface area contributed by atoms with Crippen LogP contribution in [0, 0.1) is 0 Å². The Kier molecular flexibility index (Phi) is 5.29. The fourth-order valence-corrected chi connectivity index (χ4v) is 1.15. The Morgan fingerprint density at radius 2 is 1.62 bits per heavy atom.